The Morgan fingerprint density at radius 2 is 1.03 bits per heavy atom. The minimum atomic E-state index is -2.62. The van der Waals surface area contributed by atoms with Gasteiger partial charge in [0.05, 0.1) is 11.7 Å². The van der Waals surface area contributed by atoms with Crippen LogP contribution in [0.25, 0.3) is 0 Å². The molecule has 0 amide bonds. The van der Waals surface area contributed by atoms with Crippen molar-refractivity contribution < 1.29 is 9.53 Å². The van der Waals surface area contributed by atoms with Crippen molar-refractivity contribution in [1.29, 1.82) is 0 Å². The molecule has 154 valence electrons. The maximum Gasteiger partial charge on any atom is 0.338 e. The highest BCUT2D eigenvalue weighted by Gasteiger charge is 2.41. The highest BCUT2D eigenvalue weighted by atomic mass is 28.3. The number of esters is 1. The maximum absolute atomic E-state index is 12.7. The summed E-state index contributed by atoms with van der Waals surface area (Å²) in [6.07, 6.45) is -0.157. The second kappa shape index (κ2) is 9.15. The van der Waals surface area contributed by atoms with Crippen molar-refractivity contribution in [3.63, 3.8) is 0 Å². The maximum atomic E-state index is 12.7. The Morgan fingerprint density at radius 1 is 0.613 bits per heavy atom. The first-order valence-corrected chi connectivity index (χ1v) is 12.6. The van der Waals surface area contributed by atoms with E-state index >= 15 is 0 Å². The van der Waals surface area contributed by atoms with Crippen LogP contribution < -0.4 is 20.7 Å². The molecule has 0 N–H and O–H groups in total. The summed E-state index contributed by atoms with van der Waals surface area (Å²) in [6.45, 7) is 3.75. The molecule has 4 aromatic rings. The Morgan fingerprint density at radius 3 is 1.45 bits per heavy atom. The van der Waals surface area contributed by atoms with Crippen molar-refractivity contribution in [2.24, 2.45) is 0 Å². The van der Waals surface area contributed by atoms with Crippen LogP contribution in [0.5, 0.6) is 0 Å². The van der Waals surface area contributed by atoms with E-state index in [-0.39, 0.29) is 12.1 Å². The third-order valence-electron chi connectivity index (χ3n) is 5.49. The molecule has 3 heteroatoms. The molecule has 0 saturated heterocycles. The molecule has 0 aliphatic rings. The van der Waals surface area contributed by atoms with Gasteiger partial charge in [-0.25, -0.2) is 4.79 Å². The lowest BCUT2D eigenvalue weighted by molar-refractivity contribution is 0.0378. The summed E-state index contributed by atoms with van der Waals surface area (Å²) >= 11 is 0. The van der Waals surface area contributed by atoms with Crippen molar-refractivity contribution in [2.75, 3.05) is 0 Å². The zero-order valence-electron chi connectivity index (χ0n) is 17.9. The predicted molar refractivity (Wildman–Crippen MR) is 131 cm³/mol. The average Bonchev–Trinajstić information content (AvgIpc) is 2.82. The molecular weight excluding hydrogens is 396 g/mol. The van der Waals surface area contributed by atoms with Crippen molar-refractivity contribution in [3.05, 3.63) is 121 Å². The summed E-state index contributed by atoms with van der Waals surface area (Å²) in [5.41, 5.74) is 0.589. The Bertz CT molecular complexity index is 1040. The molecule has 0 spiro atoms. The zero-order chi connectivity index (χ0) is 21.7. The van der Waals surface area contributed by atoms with E-state index in [0.717, 1.165) is 5.19 Å². The van der Waals surface area contributed by atoms with Gasteiger partial charge in [0, 0.05) is 0 Å². The standard InChI is InChI=1S/C28H26O2Si/c1-22(2)30-28(29)23-13-12-20-27(21-23)31(24-14-6-3-7-15-24,25-16-8-4-9-17-25)26-18-10-5-11-19-26/h3-22H,1-2H3. The molecule has 2 nitrogen and oxygen atoms in total. The summed E-state index contributed by atoms with van der Waals surface area (Å²) in [6, 6.07) is 40.0. The van der Waals surface area contributed by atoms with Crippen molar-refractivity contribution >= 4 is 34.8 Å². The first-order chi connectivity index (χ1) is 15.1. The number of carbonyl (C=O) groups excluding carboxylic acids is 1. The van der Waals surface area contributed by atoms with E-state index in [4.69, 9.17) is 4.74 Å². The fraction of sp³-hybridized carbons (Fsp3) is 0.107. The van der Waals surface area contributed by atoms with Gasteiger partial charge in [0.25, 0.3) is 0 Å². The summed E-state index contributed by atoms with van der Waals surface area (Å²) in [5, 5.41) is 5.00. The summed E-state index contributed by atoms with van der Waals surface area (Å²) in [5.74, 6) is -0.283. The van der Waals surface area contributed by atoms with E-state index in [0.29, 0.717) is 5.56 Å². The van der Waals surface area contributed by atoms with E-state index < -0.39 is 8.07 Å². The molecule has 0 saturated carbocycles. The topological polar surface area (TPSA) is 26.3 Å². The fourth-order valence-corrected chi connectivity index (χ4v) is 9.02. The van der Waals surface area contributed by atoms with Gasteiger partial charge in [0.1, 0.15) is 0 Å². The van der Waals surface area contributed by atoms with Gasteiger partial charge in [0.15, 0.2) is 8.07 Å². The lowest BCUT2D eigenvalue weighted by Gasteiger charge is -2.34. The van der Waals surface area contributed by atoms with Crippen molar-refractivity contribution in [3.8, 4) is 0 Å². The van der Waals surface area contributed by atoms with Gasteiger partial charge in [0.2, 0.25) is 0 Å². The molecule has 0 aliphatic carbocycles. The molecule has 0 fully saturated rings. The van der Waals surface area contributed by atoms with Gasteiger partial charge in [-0.05, 0) is 46.7 Å². The number of hydrogen-bond acceptors (Lipinski definition) is 2. The summed E-state index contributed by atoms with van der Waals surface area (Å²) in [4.78, 5) is 12.7. The number of carbonyl (C=O) groups is 1. The van der Waals surface area contributed by atoms with Gasteiger partial charge < -0.3 is 4.74 Å². The van der Waals surface area contributed by atoms with Gasteiger partial charge in [-0.3, -0.25) is 0 Å². The van der Waals surface area contributed by atoms with E-state index in [1.807, 2.05) is 32.0 Å². The summed E-state index contributed by atoms with van der Waals surface area (Å²) in [7, 11) is -2.62. The third-order valence-corrected chi connectivity index (χ3v) is 10.3. The SMILES string of the molecule is CC(C)OC(=O)c1cccc([Si](c2ccccc2)(c2ccccc2)c2ccccc2)c1. The molecule has 0 unspecified atom stereocenters. The molecule has 0 atom stereocenters. The minimum Gasteiger partial charge on any atom is -0.459 e. The van der Waals surface area contributed by atoms with Crippen LogP contribution in [0.4, 0.5) is 0 Å². The number of benzene rings is 4. The first-order valence-electron chi connectivity index (χ1n) is 10.6. The molecule has 0 bridgehead atoms. The molecule has 4 rings (SSSR count). The van der Waals surface area contributed by atoms with Crippen LogP contribution in [0, 0.1) is 0 Å². The van der Waals surface area contributed by atoms with Crippen LogP contribution in [0.1, 0.15) is 24.2 Å². The molecular formula is C28H26O2Si. The lowest BCUT2D eigenvalue weighted by atomic mass is 10.2. The fourth-order valence-electron chi connectivity index (χ4n) is 4.23. The van der Waals surface area contributed by atoms with Crippen LogP contribution in [-0.4, -0.2) is 20.1 Å². The Kier molecular flexibility index (Phi) is 6.15. The predicted octanol–water partition coefficient (Wildman–Crippen LogP) is 3.63. The van der Waals surface area contributed by atoms with Gasteiger partial charge in [-0.1, -0.05) is 103 Å². The minimum absolute atomic E-state index is 0.157. The molecule has 31 heavy (non-hydrogen) atoms. The van der Waals surface area contributed by atoms with Crippen LogP contribution in [0.15, 0.2) is 115 Å². The van der Waals surface area contributed by atoms with E-state index in [1.165, 1.54) is 15.6 Å². The van der Waals surface area contributed by atoms with Crippen molar-refractivity contribution in [1.82, 2.24) is 0 Å². The Labute approximate surface area is 185 Å². The lowest BCUT2D eigenvalue weighted by Crippen LogP contribution is -2.74. The molecule has 0 radical (unpaired) electrons. The van der Waals surface area contributed by atoms with E-state index in [2.05, 4.69) is 97.1 Å². The van der Waals surface area contributed by atoms with Crippen LogP contribution >= 0.6 is 0 Å². The van der Waals surface area contributed by atoms with Crippen LogP contribution in [0.3, 0.4) is 0 Å². The monoisotopic (exact) mass is 422 g/mol. The Hall–Kier alpha value is -3.43. The van der Waals surface area contributed by atoms with Gasteiger partial charge in [-0.2, -0.15) is 0 Å². The largest absolute Gasteiger partial charge is 0.459 e. The molecule has 4 aromatic carbocycles. The highest BCUT2D eigenvalue weighted by molar-refractivity contribution is 7.19. The normalized spacial score (nSPS) is 11.3. The Balaban J connectivity index is 2.03. The second-order valence-corrected chi connectivity index (χ2v) is 11.7. The second-order valence-electron chi connectivity index (χ2n) is 7.88. The van der Waals surface area contributed by atoms with Crippen molar-refractivity contribution in [2.45, 2.75) is 20.0 Å². The molecule has 0 aromatic heterocycles. The third kappa shape index (κ3) is 4.10. The zero-order valence-corrected chi connectivity index (χ0v) is 18.9. The smallest absolute Gasteiger partial charge is 0.338 e. The van der Waals surface area contributed by atoms with E-state index in [9.17, 15) is 4.79 Å². The number of rotatable bonds is 6. The van der Waals surface area contributed by atoms with Gasteiger partial charge >= 0.3 is 5.97 Å². The quantitative estimate of drug-likeness (QED) is 0.269. The van der Waals surface area contributed by atoms with Gasteiger partial charge in [-0.15, -0.1) is 0 Å². The number of hydrogen-bond donors (Lipinski definition) is 0. The molecule has 0 aliphatic heterocycles. The molecule has 0 heterocycles. The highest BCUT2D eigenvalue weighted by Crippen LogP contribution is 2.12. The van der Waals surface area contributed by atoms with E-state index in [1.54, 1.807) is 0 Å². The number of ether oxygens (including phenoxy) is 1. The first kappa shape index (κ1) is 20.8. The van der Waals surface area contributed by atoms with Crippen LogP contribution in [-0.2, 0) is 4.74 Å². The average molecular weight is 423 g/mol. The van der Waals surface area contributed by atoms with Crippen LogP contribution in [0.2, 0.25) is 0 Å². The summed E-state index contributed by atoms with van der Waals surface area (Å²) < 4.78 is 5.50.